The number of nitrogens with zero attached hydrogens (tertiary/aromatic N) is 1. The van der Waals surface area contributed by atoms with Crippen molar-refractivity contribution < 1.29 is 14.5 Å². The summed E-state index contributed by atoms with van der Waals surface area (Å²) in [5.41, 5.74) is 8.33. The van der Waals surface area contributed by atoms with Crippen molar-refractivity contribution >= 4 is 22.7 Å². The fourth-order valence-corrected chi connectivity index (χ4v) is 1.79. The van der Waals surface area contributed by atoms with Crippen LogP contribution < -0.4 is 10.3 Å². The number of nitrogens with one attached hydrogen (secondary N) is 1. The fraction of sp³-hybridized carbons (Fsp3) is 0.273. The molecule has 0 saturated heterocycles. The quantitative estimate of drug-likeness (QED) is 0.523. The van der Waals surface area contributed by atoms with E-state index in [1.54, 1.807) is 0 Å². The lowest BCUT2D eigenvalue weighted by atomic mass is 10.3. The van der Waals surface area contributed by atoms with E-state index >= 15 is 0 Å². The van der Waals surface area contributed by atoms with Gasteiger partial charge in [-0.05, 0) is 12.1 Å². The lowest BCUT2D eigenvalue weighted by Gasteiger charge is -1.92. The summed E-state index contributed by atoms with van der Waals surface area (Å²) in [5.74, 6) is 0.0983. The largest absolute Gasteiger partial charge is 0.481 e. The van der Waals surface area contributed by atoms with Crippen molar-refractivity contribution in [3.63, 3.8) is 0 Å². The molecule has 0 fully saturated rings. The molecule has 4 N–H and O–H groups in total. The van der Waals surface area contributed by atoms with Crippen LogP contribution in [0, 0.1) is 0 Å². The molecule has 16 heavy (non-hydrogen) atoms. The van der Waals surface area contributed by atoms with Gasteiger partial charge in [0.15, 0.2) is 11.0 Å². The second-order valence-corrected chi connectivity index (χ2v) is 3.80. The van der Waals surface area contributed by atoms with Gasteiger partial charge in [0.2, 0.25) is 0 Å². The van der Waals surface area contributed by atoms with Crippen molar-refractivity contribution in [2.75, 3.05) is 5.73 Å². The van der Waals surface area contributed by atoms with Gasteiger partial charge < -0.3 is 10.8 Å². The highest BCUT2D eigenvalue weighted by molar-refractivity contribution is 5.75. The summed E-state index contributed by atoms with van der Waals surface area (Å²) in [4.78, 5) is 13.7. The van der Waals surface area contributed by atoms with E-state index in [1.165, 1.54) is 0 Å². The Hall–Kier alpha value is -2.04. The smallest absolute Gasteiger partial charge is 0.303 e. The number of hydrogen-bond donors (Lipinski definition) is 3. The van der Waals surface area contributed by atoms with E-state index in [1.807, 2.05) is 29.8 Å². The average molecular weight is 220 g/mol. The summed E-state index contributed by atoms with van der Waals surface area (Å²) in [6, 6.07) is 5.60. The molecule has 0 aliphatic heterocycles. The molecule has 0 aliphatic rings. The Balaban J connectivity index is 2.39. The molecule has 84 valence electrons. The summed E-state index contributed by atoms with van der Waals surface area (Å²) in [7, 11) is 1.91. The number of carboxylic acids is 1. The van der Waals surface area contributed by atoms with Gasteiger partial charge in [-0.1, -0.05) is 0 Å². The van der Waals surface area contributed by atoms with Gasteiger partial charge in [0.25, 0.3) is 5.82 Å². The first-order chi connectivity index (χ1) is 7.58. The zero-order valence-corrected chi connectivity index (χ0v) is 9.03. The molecule has 0 bridgehead atoms. The molecule has 1 heterocycles. The molecule has 1 aromatic carbocycles. The average Bonchev–Trinajstić information content (AvgIpc) is 2.52. The number of benzene rings is 1. The van der Waals surface area contributed by atoms with Crippen LogP contribution in [-0.4, -0.2) is 16.1 Å². The maximum atomic E-state index is 10.5. The Morgan fingerprint density at radius 3 is 3.00 bits per heavy atom. The maximum absolute atomic E-state index is 10.5. The SMILES string of the molecule is C[n+]1c(CCC(=O)O)[nH]c2cc(N)ccc21. The zero-order valence-electron chi connectivity index (χ0n) is 9.03. The van der Waals surface area contributed by atoms with Crippen molar-refractivity contribution in [1.82, 2.24) is 4.98 Å². The highest BCUT2D eigenvalue weighted by Gasteiger charge is 2.15. The van der Waals surface area contributed by atoms with Gasteiger partial charge in [-0.3, -0.25) is 4.79 Å². The number of aryl methyl sites for hydroxylation is 2. The number of aromatic nitrogens is 2. The number of rotatable bonds is 3. The lowest BCUT2D eigenvalue weighted by Crippen LogP contribution is -2.32. The van der Waals surface area contributed by atoms with E-state index in [0.29, 0.717) is 12.1 Å². The predicted octanol–water partition coefficient (Wildman–Crippen LogP) is 0.592. The van der Waals surface area contributed by atoms with Crippen molar-refractivity contribution in [2.45, 2.75) is 12.8 Å². The third kappa shape index (κ3) is 1.84. The number of imidazole rings is 1. The van der Waals surface area contributed by atoms with Crippen LogP contribution in [0.25, 0.3) is 11.0 Å². The van der Waals surface area contributed by atoms with Crippen LogP contribution in [0.2, 0.25) is 0 Å². The number of nitrogen functional groups attached to an aromatic ring is 1. The predicted molar refractivity (Wildman–Crippen MR) is 59.8 cm³/mol. The maximum Gasteiger partial charge on any atom is 0.303 e. The monoisotopic (exact) mass is 220 g/mol. The number of H-pyrrole nitrogens is 1. The van der Waals surface area contributed by atoms with Crippen molar-refractivity contribution in [3.8, 4) is 0 Å². The van der Waals surface area contributed by atoms with Crippen LogP contribution in [0.4, 0.5) is 5.69 Å². The molecule has 0 amide bonds. The second kappa shape index (κ2) is 3.84. The van der Waals surface area contributed by atoms with E-state index in [0.717, 1.165) is 16.9 Å². The van der Waals surface area contributed by atoms with Gasteiger partial charge >= 0.3 is 5.97 Å². The van der Waals surface area contributed by atoms with Crippen LogP contribution in [0.15, 0.2) is 18.2 Å². The summed E-state index contributed by atoms with van der Waals surface area (Å²) in [5, 5.41) is 8.64. The molecular formula is C11H14N3O2+. The minimum absolute atomic E-state index is 0.121. The number of aliphatic carboxylic acids is 1. The molecule has 1 aromatic heterocycles. The number of nitrogens with two attached hydrogens (primary N) is 1. The van der Waals surface area contributed by atoms with Crippen LogP contribution in [0.1, 0.15) is 12.2 Å². The first kappa shape index (κ1) is 10.5. The minimum Gasteiger partial charge on any atom is -0.481 e. The van der Waals surface area contributed by atoms with Gasteiger partial charge in [0.1, 0.15) is 0 Å². The van der Waals surface area contributed by atoms with Crippen molar-refractivity contribution in [2.24, 2.45) is 7.05 Å². The van der Waals surface area contributed by atoms with E-state index < -0.39 is 5.97 Å². The molecule has 5 heteroatoms. The Labute approximate surface area is 92.5 Å². The van der Waals surface area contributed by atoms with E-state index in [2.05, 4.69) is 4.98 Å². The zero-order chi connectivity index (χ0) is 11.7. The van der Waals surface area contributed by atoms with E-state index in [9.17, 15) is 4.79 Å². The van der Waals surface area contributed by atoms with Gasteiger partial charge in [0.05, 0.1) is 19.9 Å². The number of aromatic amines is 1. The number of carbonyl (C=O) groups is 1. The summed E-state index contributed by atoms with van der Waals surface area (Å²) in [6.45, 7) is 0. The Morgan fingerprint density at radius 2 is 2.31 bits per heavy atom. The number of carboxylic acid groups (broad SMARTS) is 1. The highest BCUT2D eigenvalue weighted by atomic mass is 16.4. The minimum atomic E-state index is -0.793. The van der Waals surface area contributed by atoms with Gasteiger partial charge in [-0.25, -0.2) is 9.55 Å². The van der Waals surface area contributed by atoms with Gasteiger partial charge in [-0.2, -0.15) is 0 Å². The summed E-state index contributed by atoms with van der Waals surface area (Å²) in [6.07, 6.45) is 0.608. The van der Waals surface area contributed by atoms with E-state index in [-0.39, 0.29) is 6.42 Å². The lowest BCUT2D eigenvalue weighted by molar-refractivity contribution is -0.652. The summed E-state index contributed by atoms with van der Waals surface area (Å²) < 4.78 is 1.96. The first-order valence-electron chi connectivity index (χ1n) is 5.06. The van der Waals surface area contributed by atoms with E-state index in [4.69, 9.17) is 10.8 Å². The molecule has 5 nitrogen and oxygen atoms in total. The third-order valence-electron chi connectivity index (χ3n) is 2.64. The fourth-order valence-electron chi connectivity index (χ4n) is 1.79. The van der Waals surface area contributed by atoms with Crippen LogP contribution in [-0.2, 0) is 18.3 Å². The standard InChI is InChI=1S/C11H13N3O2/c1-14-9-3-2-7(12)6-8(9)13-10(14)4-5-11(15)16/h2-3,6H,4-5,12H2,1H3,(H,15,16)/p+1. The van der Waals surface area contributed by atoms with Crippen molar-refractivity contribution in [1.29, 1.82) is 0 Å². The third-order valence-corrected chi connectivity index (χ3v) is 2.64. The normalized spacial score (nSPS) is 10.8. The molecule has 2 rings (SSSR count). The van der Waals surface area contributed by atoms with Crippen LogP contribution in [0.3, 0.4) is 0 Å². The molecule has 0 saturated carbocycles. The molecule has 0 atom stereocenters. The number of fused-ring (bicyclic) bond motifs is 1. The second-order valence-electron chi connectivity index (χ2n) is 3.80. The molecule has 0 spiro atoms. The van der Waals surface area contributed by atoms with Crippen LogP contribution in [0.5, 0.6) is 0 Å². The Bertz CT molecular complexity index is 545. The Morgan fingerprint density at radius 1 is 1.56 bits per heavy atom. The molecular weight excluding hydrogens is 206 g/mol. The molecule has 2 aromatic rings. The molecule has 0 aliphatic carbocycles. The van der Waals surface area contributed by atoms with Gasteiger partial charge in [0, 0.05) is 11.8 Å². The highest BCUT2D eigenvalue weighted by Crippen LogP contribution is 2.13. The topological polar surface area (TPSA) is 83.0 Å². The van der Waals surface area contributed by atoms with Crippen molar-refractivity contribution in [3.05, 3.63) is 24.0 Å². The number of anilines is 1. The van der Waals surface area contributed by atoms with Gasteiger partial charge in [-0.15, -0.1) is 0 Å². The molecule has 0 unspecified atom stereocenters. The molecule has 0 radical (unpaired) electrons. The first-order valence-corrected chi connectivity index (χ1v) is 5.06. The summed E-state index contributed by atoms with van der Waals surface area (Å²) >= 11 is 0. The number of hydrogen-bond acceptors (Lipinski definition) is 2. The Kier molecular flexibility index (Phi) is 2.52. The van der Waals surface area contributed by atoms with Crippen LogP contribution >= 0.6 is 0 Å².